The number of hydrogen-bond donors (Lipinski definition) is 0. The lowest BCUT2D eigenvalue weighted by atomic mass is 10.1. The van der Waals surface area contributed by atoms with E-state index >= 15 is 0 Å². The molecule has 0 fully saturated rings. The topological polar surface area (TPSA) is 105 Å². The molecule has 41 heavy (non-hydrogen) atoms. The van der Waals surface area contributed by atoms with Crippen LogP contribution in [-0.2, 0) is 21.4 Å². The summed E-state index contributed by atoms with van der Waals surface area (Å²) < 4.78 is 46.0. The highest BCUT2D eigenvalue weighted by molar-refractivity contribution is 7.90. The molecule has 0 aliphatic carbocycles. The van der Waals surface area contributed by atoms with Crippen molar-refractivity contribution < 1.29 is 31.9 Å². The molecule has 2 aromatic heterocycles. The van der Waals surface area contributed by atoms with Crippen LogP contribution in [0.5, 0.6) is 5.75 Å². The first-order valence-electron chi connectivity index (χ1n) is 12.7. The number of methoxy groups -OCH3 is 1. The van der Waals surface area contributed by atoms with Gasteiger partial charge in [-0.15, -0.1) is 0 Å². The van der Waals surface area contributed by atoms with Gasteiger partial charge in [-0.3, -0.25) is 4.79 Å². The predicted molar refractivity (Wildman–Crippen MR) is 153 cm³/mol. The molecule has 204 valence electrons. The minimum absolute atomic E-state index is 0.0671. The largest absolute Gasteiger partial charge is 0.489 e. The second kappa shape index (κ2) is 10.4. The molecular formula is C32H23NO7S. The molecule has 8 nitrogen and oxygen atoms in total. The first kappa shape index (κ1) is 26.1. The quantitative estimate of drug-likeness (QED) is 0.159. The fourth-order valence-corrected chi connectivity index (χ4v) is 6.28. The Morgan fingerprint density at radius 1 is 0.829 bits per heavy atom. The van der Waals surface area contributed by atoms with Gasteiger partial charge in [-0.25, -0.2) is 17.2 Å². The number of rotatable bonds is 8. The molecule has 6 aromatic rings. The summed E-state index contributed by atoms with van der Waals surface area (Å²) in [7, 11) is -3.22. The smallest absolute Gasteiger partial charge is 0.340 e. The number of carbonyl (C=O) groups excluding carboxylic acids is 2. The molecule has 0 spiro atoms. The van der Waals surface area contributed by atoms with Crippen molar-refractivity contribution in [2.75, 3.05) is 7.11 Å². The van der Waals surface area contributed by atoms with E-state index in [2.05, 4.69) is 0 Å². The minimum atomic E-state index is -4.39. The molecule has 0 unspecified atom stereocenters. The maximum atomic E-state index is 14.2. The van der Waals surface area contributed by atoms with Gasteiger partial charge < -0.3 is 13.9 Å². The fourth-order valence-electron chi connectivity index (χ4n) is 4.74. The van der Waals surface area contributed by atoms with Crippen molar-refractivity contribution in [2.45, 2.75) is 11.5 Å². The molecule has 0 saturated heterocycles. The normalized spacial score (nSPS) is 11.5. The van der Waals surface area contributed by atoms with Crippen molar-refractivity contribution in [3.63, 3.8) is 0 Å². The van der Waals surface area contributed by atoms with E-state index in [9.17, 15) is 18.0 Å². The van der Waals surface area contributed by atoms with Crippen LogP contribution >= 0.6 is 0 Å². The summed E-state index contributed by atoms with van der Waals surface area (Å²) in [4.78, 5) is 27.2. The van der Waals surface area contributed by atoms with Crippen LogP contribution in [0.15, 0.2) is 119 Å². The number of esters is 1. The molecule has 0 aliphatic rings. The van der Waals surface area contributed by atoms with Crippen LogP contribution in [0.4, 0.5) is 0 Å². The number of ketones is 1. The van der Waals surface area contributed by atoms with Crippen LogP contribution in [0.2, 0.25) is 0 Å². The van der Waals surface area contributed by atoms with Crippen molar-refractivity contribution >= 4 is 43.6 Å². The summed E-state index contributed by atoms with van der Waals surface area (Å²) in [5.74, 6) is -1.43. The molecule has 0 N–H and O–H groups in total. The molecule has 4 aromatic carbocycles. The summed E-state index contributed by atoms with van der Waals surface area (Å²) in [5.41, 5.74) is 0.854. The van der Waals surface area contributed by atoms with Gasteiger partial charge in [0.05, 0.1) is 23.1 Å². The van der Waals surface area contributed by atoms with Gasteiger partial charge in [0.1, 0.15) is 23.6 Å². The van der Waals surface area contributed by atoms with Crippen molar-refractivity contribution in [1.29, 1.82) is 0 Å². The van der Waals surface area contributed by atoms with E-state index in [0.29, 0.717) is 16.7 Å². The Morgan fingerprint density at radius 3 is 2.22 bits per heavy atom. The van der Waals surface area contributed by atoms with Crippen LogP contribution in [0, 0.1) is 0 Å². The molecule has 0 saturated carbocycles. The number of fused-ring (bicyclic) bond motifs is 2. The Balaban J connectivity index is 1.61. The lowest BCUT2D eigenvalue weighted by Crippen LogP contribution is -2.21. The average Bonchev–Trinajstić information content (AvgIpc) is 3.60. The highest BCUT2D eigenvalue weighted by Crippen LogP contribution is 2.35. The van der Waals surface area contributed by atoms with Crippen LogP contribution in [0.3, 0.4) is 0 Å². The predicted octanol–water partition coefficient (Wildman–Crippen LogP) is 6.22. The fraction of sp³-hybridized carbons (Fsp3) is 0.0625. The number of hydrogen-bond acceptors (Lipinski definition) is 7. The van der Waals surface area contributed by atoms with Gasteiger partial charge in [0.15, 0.2) is 5.76 Å². The number of benzene rings is 4. The number of carbonyl (C=O) groups is 2. The van der Waals surface area contributed by atoms with E-state index in [-0.39, 0.29) is 33.7 Å². The van der Waals surface area contributed by atoms with Crippen LogP contribution in [0.25, 0.3) is 21.9 Å². The maximum Gasteiger partial charge on any atom is 0.340 e. The summed E-state index contributed by atoms with van der Waals surface area (Å²) in [6, 6.07) is 30.4. The number of furan rings is 1. The highest BCUT2D eigenvalue weighted by Gasteiger charge is 2.35. The zero-order chi connectivity index (χ0) is 28.6. The van der Waals surface area contributed by atoms with Gasteiger partial charge >= 0.3 is 5.97 Å². The lowest BCUT2D eigenvalue weighted by Gasteiger charge is -2.12. The van der Waals surface area contributed by atoms with E-state index in [1.54, 1.807) is 54.6 Å². The number of ether oxygens (including phenoxy) is 2. The first-order chi connectivity index (χ1) is 19.9. The molecule has 0 radical (unpaired) electrons. The number of aromatic nitrogens is 1. The highest BCUT2D eigenvalue weighted by atomic mass is 32.2. The van der Waals surface area contributed by atoms with E-state index in [1.807, 2.05) is 30.3 Å². The Kier molecular flexibility index (Phi) is 6.64. The third-order valence-electron chi connectivity index (χ3n) is 6.68. The maximum absolute atomic E-state index is 14.2. The van der Waals surface area contributed by atoms with E-state index in [0.717, 1.165) is 9.54 Å². The van der Waals surface area contributed by atoms with Gasteiger partial charge in [-0.2, -0.15) is 0 Å². The zero-order valence-corrected chi connectivity index (χ0v) is 22.6. The van der Waals surface area contributed by atoms with Crippen molar-refractivity contribution in [3.8, 4) is 5.75 Å². The summed E-state index contributed by atoms with van der Waals surface area (Å²) >= 11 is 0. The Bertz CT molecular complexity index is 1990. The molecule has 0 bridgehead atoms. The second-order valence-corrected chi connectivity index (χ2v) is 11.0. The minimum Gasteiger partial charge on any atom is -0.489 e. The van der Waals surface area contributed by atoms with Crippen molar-refractivity contribution in [1.82, 2.24) is 3.97 Å². The number of para-hydroxylation sites is 1. The molecule has 9 heteroatoms. The molecule has 6 rings (SSSR count). The van der Waals surface area contributed by atoms with Gasteiger partial charge in [0.2, 0.25) is 5.78 Å². The number of nitrogens with zero attached hydrogens (tertiary/aromatic N) is 1. The zero-order valence-electron chi connectivity index (χ0n) is 21.8. The Labute approximate surface area is 235 Å². The van der Waals surface area contributed by atoms with Crippen LogP contribution < -0.4 is 4.74 Å². The summed E-state index contributed by atoms with van der Waals surface area (Å²) in [6.45, 7) is 0.229. The standard InChI is InChI=1S/C32H23NO7S/c1-38-32(35)29-25-17-16-23(39-20-21-10-4-2-5-11-21)19-26(25)33(41(36,37)24-13-6-3-7-14-24)30(29)31(34)28-18-22-12-8-9-15-27(22)40-28/h2-19H,20H2,1H3. The van der Waals surface area contributed by atoms with Crippen molar-refractivity contribution in [2.24, 2.45) is 0 Å². The molecular weight excluding hydrogens is 542 g/mol. The van der Waals surface area contributed by atoms with Gasteiger partial charge in [-0.1, -0.05) is 66.7 Å². The molecule has 2 heterocycles. The van der Waals surface area contributed by atoms with Gasteiger partial charge in [0, 0.05) is 16.8 Å². The molecule has 0 amide bonds. The Morgan fingerprint density at radius 2 is 1.51 bits per heavy atom. The van der Waals surface area contributed by atoms with E-state index in [1.165, 1.54) is 31.4 Å². The van der Waals surface area contributed by atoms with Gasteiger partial charge in [-0.05, 0) is 42.0 Å². The summed E-state index contributed by atoms with van der Waals surface area (Å²) in [6.07, 6.45) is 0. The van der Waals surface area contributed by atoms with Crippen LogP contribution in [0.1, 0.15) is 32.2 Å². The third kappa shape index (κ3) is 4.66. The molecule has 0 aliphatic heterocycles. The van der Waals surface area contributed by atoms with Crippen LogP contribution in [-0.4, -0.2) is 31.3 Å². The Hall–Kier alpha value is -5.15. The van der Waals surface area contributed by atoms with Gasteiger partial charge in [0.25, 0.3) is 10.0 Å². The first-order valence-corrected chi connectivity index (χ1v) is 14.1. The third-order valence-corrected chi connectivity index (χ3v) is 8.41. The lowest BCUT2D eigenvalue weighted by molar-refractivity contribution is 0.0599. The van der Waals surface area contributed by atoms with E-state index < -0.39 is 27.5 Å². The van der Waals surface area contributed by atoms with Crippen molar-refractivity contribution in [3.05, 3.63) is 132 Å². The SMILES string of the molecule is COC(=O)c1c(C(=O)c2cc3ccccc3o2)n(S(=O)(=O)c2ccccc2)c2cc(OCc3ccccc3)ccc12. The second-order valence-electron chi connectivity index (χ2n) is 9.23. The molecule has 0 atom stereocenters. The average molecular weight is 566 g/mol. The summed E-state index contributed by atoms with van der Waals surface area (Å²) in [5, 5.41) is 0.864. The van der Waals surface area contributed by atoms with E-state index in [4.69, 9.17) is 13.9 Å². The monoisotopic (exact) mass is 565 g/mol.